The molecule has 0 atom stereocenters. The summed E-state index contributed by atoms with van der Waals surface area (Å²) < 4.78 is 0. The van der Waals surface area contributed by atoms with Crippen LogP contribution in [0.15, 0.2) is 11.4 Å². The molecule has 2 aliphatic heterocycles. The topological polar surface area (TPSA) is 159 Å². The van der Waals surface area contributed by atoms with Crippen LogP contribution in [-0.4, -0.2) is 69.2 Å². The zero-order chi connectivity index (χ0) is 24.1. The van der Waals surface area contributed by atoms with Gasteiger partial charge in [-0.05, 0) is 57.3 Å². The zero-order valence-electron chi connectivity index (χ0n) is 19.2. The number of hydrogen-bond acceptors (Lipinski definition) is 7. The van der Waals surface area contributed by atoms with E-state index in [9.17, 15) is 24.0 Å². The summed E-state index contributed by atoms with van der Waals surface area (Å²) in [6.45, 7) is 4.25. The van der Waals surface area contributed by atoms with Crippen molar-refractivity contribution in [1.82, 2.24) is 20.0 Å². The highest BCUT2D eigenvalue weighted by Crippen LogP contribution is 2.58. The van der Waals surface area contributed by atoms with Gasteiger partial charge in [0.25, 0.3) is 17.7 Å². The van der Waals surface area contributed by atoms with Gasteiger partial charge in [0.05, 0.1) is 0 Å². The first-order valence-corrected chi connectivity index (χ1v) is 11.7. The number of carbonyl (C=O) groups excluding carboxylic acids is 5. The Balaban J connectivity index is 1.47. The van der Waals surface area contributed by atoms with E-state index in [0.29, 0.717) is 51.5 Å². The summed E-state index contributed by atoms with van der Waals surface area (Å²) in [4.78, 5) is 67.1. The number of carbonyl (C=O) groups is 5. The minimum absolute atomic E-state index is 0.103. The van der Waals surface area contributed by atoms with Crippen LogP contribution in [0.5, 0.6) is 0 Å². The van der Waals surface area contributed by atoms with Gasteiger partial charge in [0, 0.05) is 19.1 Å². The molecule has 2 heterocycles. The van der Waals surface area contributed by atoms with Crippen molar-refractivity contribution in [1.29, 1.82) is 0 Å². The van der Waals surface area contributed by atoms with Crippen molar-refractivity contribution in [3.8, 4) is 0 Å². The number of nitrogens with one attached hydrogen (secondary N) is 1. The highest BCUT2D eigenvalue weighted by Gasteiger charge is 2.64. The molecule has 0 aromatic rings. The minimum atomic E-state index is -0.816. The highest BCUT2D eigenvalue weighted by atomic mass is 16.2. The Morgan fingerprint density at radius 2 is 1.64 bits per heavy atom. The van der Waals surface area contributed by atoms with Crippen molar-refractivity contribution < 1.29 is 24.0 Å². The summed E-state index contributed by atoms with van der Waals surface area (Å²) in [6, 6.07) is -1.34. The van der Waals surface area contributed by atoms with E-state index >= 15 is 0 Å². The molecule has 5 N–H and O–H groups in total. The second kappa shape index (κ2) is 8.03. The van der Waals surface area contributed by atoms with E-state index in [2.05, 4.69) is 5.32 Å². The molecule has 0 aromatic heterocycles. The van der Waals surface area contributed by atoms with Crippen LogP contribution >= 0.6 is 0 Å². The van der Waals surface area contributed by atoms with Crippen molar-refractivity contribution in [3.05, 3.63) is 11.4 Å². The summed E-state index contributed by atoms with van der Waals surface area (Å²) >= 11 is 0. The van der Waals surface area contributed by atoms with Gasteiger partial charge in [-0.2, -0.15) is 0 Å². The first-order valence-electron chi connectivity index (χ1n) is 11.7. The van der Waals surface area contributed by atoms with Gasteiger partial charge in [0.15, 0.2) is 0 Å². The average Bonchev–Trinajstić information content (AvgIpc) is 2.98. The van der Waals surface area contributed by atoms with Gasteiger partial charge in [0.1, 0.15) is 16.9 Å². The number of likely N-dealkylation sites (N-methyl/N-ethyl adjacent to an activating group) is 1. The number of nitrogens with two attached hydrogens (primary N) is 2. The molecule has 0 radical (unpaired) electrons. The number of urea groups is 2. The van der Waals surface area contributed by atoms with Crippen LogP contribution in [0.3, 0.4) is 0 Å². The smallest absolute Gasteiger partial charge is 0.334 e. The van der Waals surface area contributed by atoms with E-state index in [1.807, 2.05) is 6.92 Å². The molecule has 7 amide bonds. The summed E-state index contributed by atoms with van der Waals surface area (Å²) in [7, 11) is 0. The number of barbiturate groups is 1. The summed E-state index contributed by atoms with van der Waals surface area (Å²) in [5.74, 6) is -2.02. The van der Waals surface area contributed by atoms with Crippen molar-refractivity contribution >= 4 is 29.8 Å². The van der Waals surface area contributed by atoms with Gasteiger partial charge in [-0.15, -0.1) is 0 Å². The number of nitrogens with zero attached hydrogens (tertiary/aromatic N) is 3. The lowest BCUT2D eigenvalue weighted by molar-refractivity contribution is -0.143. The molecule has 33 heavy (non-hydrogen) atoms. The average molecular weight is 461 g/mol. The molecule has 4 fully saturated rings. The van der Waals surface area contributed by atoms with Crippen molar-refractivity contribution in [3.63, 3.8) is 0 Å². The van der Waals surface area contributed by atoms with E-state index in [0.717, 1.165) is 16.2 Å². The van der Waals surface area contributed by atoms with Gasteiger partial charge in [0.2, 0.25) is 0 Å². The van der Waals surface area contributed by atoms with E-state index in [1.54, 1.807) is 6.92 Å². The van der Waals surface area contributed by atoms with Gasteiger partial charge in [-0.1, -0.05) is 13.3 Å². The van der Waals surface area contributed by atoms with Crippen molar-refractivity contribution in [2.45, 2.75) is 76.8 Å². The van der Waals surface area contributed by atoms with Crippen molar-refractivity contribution in [2.24, 2.45) is 16.9 Å². The SMILES string of the molecule is CCCCN1C(=O)C(=C(N)N)C(=O)N(C2CCC3(CC2)CC2(C3)NC(=O)N(CC)C2=O)C1=O. The van der Waals surface area contributed by atoms with Crippen LogP contribution in [-0.2, 0) is 14.4 Å². The zero-order valence-corrected chi connectivity index (χ0v) is 19.2. The third-order valence-electron chi connectivity index (χ3n) is 7.65. The fraction of sp³-hybridized carbons (Fsp3) is 0.682. The molecule has 2 aliphatic carbocycles. The lowest BCUT2D eigenvalue weighted by Gasteiger charge is -2.56. The van der Waals surface area contributed by atoms with Crippen LogP contribution in [0.1, 0.15) is 65.2 Å². The maximum atomic E-state index is 13.1. The Kier molecular flexibility index (Phi) is 5.61. The largest absolute Gasteiger partial charge is 0.385 e. The second-order valence-corrected chi connectivity index (χ2v) is 9.74. The molecule has 0 bridgehead atoms. The predicted octanol–water partition coefficient (Wildman–Crippen LogP) is 0.740. The lowest BCUT2D eigenvalue weighted by atomic mass is 9.51. The second-order valence-electron chi connectivity index (χ2n) is 9.74. The van der Waals surface area contributed by atoms with E-state index in [4.69, 9.17) is 11.5 Å². The summed E-state index contributed by atoms with van der Waals surface area (Å²) in [5.41, 5.74) is 10.0. The third kappa shape index (κ3) is 3.44. The number of imide groups is 3. The minimum Gasteiger partial charge on any atom is -0.385 e. The molecule has 4 rings (SSSR count). The van der Waals surface area contributed by atoms with Gasteiger partial charge in [-0.3, -0.25) is 29.1 Å². The van der Waals surface area contributed by atoms with E-state index in [-0.39, 0.29) is 41.3 Å². The predicted molar refractivity (Wildman–Crippen MR) is 117 cm³/mol. The number of rotatable bonds is 5. The molecule has 11 nitrogen and oxygen atoms in total. The van der Waals surface area contributed by atoms with E-state index < -0.39 is 23.4 Å². The van der Waals surface area contributed by atoms with Crippen molar-refractivity contribution in [2.75, 3.05) is 13.1 Å². The van der Waals surface area contributed by atoms with Crippen LogP contribution in [0.2, 0.25) is 0 Å². The molecular weight excluding hydrogens is 428 g/mol. The molecule has 2 saturated carbocycles. The highest BCUT2D eigenvalue weighted by molar-refractivity contribution is 6.29. The maximum absolute atomic E-state index is 13.1. The van der Waals surface area contributed by atoms with Crippen LogP contribution in [0.4, 0.5) is 9.59 Å². The van der Waals surface area contributed by atoms with Gasteiger partial charge < -0.3 is 16.8 Å². The Bertz CT molecular complexity index is 939. The van der Waals surface area contributed by atoms with Crippen LogP contribution in [0, 0.1) is 5.41 Å². The fourth-order valence-corrected chi connectivity index (χ4v) is 5.99. The fourth-order valence-electron chi connectivity index (χ4n) is 5.99. The quantitative estimate of drug-likeness (QED) is 0.310. The summed E-state index contributed by atoms with van der Waals surface area (Å²) in [5, 5.41) is 2.87. The van der Waals surface area contributed by atoms with E-state index in [1.165, 1.54) is 4.90 Å². The molecule has 2 spiro atoms. The normalized spacial score (nSPS) is 32.2. The lowest BCUT2D eigenvalue weighted by Crippen LogP contribution is -2.65. The Labute approximate surface area is 192 Å². The Hall–Kier alpha value is -3.11. The molecular formula is C22H32N6O5. The molecule has 0 aromatic carbocycles. The molecule has 180 valence electrons. The number of hydrogen-bond donors (Lipinski definition) is 3. The molecule has 2 saturated heterocycles. The number of unbranched alkanes of at least 4 members (excludes halogenated alkanes) is 1. The summed E-state index contributed by atoms with van der Waals surface area (Å²) in [6.07, 6.45) is 5.07. The standard InChI is InChI=1S/C22H32N6O5/c1-3-5-10-27-16(29)14(15(23)24)17(30)28(20(27)33)13-6-8-21(9-7-13)11-22(12-21)18(31)26(4-2)19(32)25-22/h13H,3-12,23-24H2,1-2H3,(H,25,32). The Morgan fingerprint density at radius 1 is 1.00 bits per heavy atom. The molecule has 0 unspecified atom stereocenters. The molecule has 11 heteroatoms. The van der Waals surface area contributed by atoms with Crippen LogP contribution < -0.4 is 16.8 Å². The van der Waals surface area contributed by atoms with Gasteiger partial charge >= 0.3 is 12.1 Å². The van der Waals surface area contributed by atoms with Crippen LogP contribution in [0.25, 0.3) is 0 Å². The first kappa shape index (κ1) is 23.1. The maximum Gasteiger partial charge on any atom is 0.334 e. The Morgan fingerprint density at radius 3 is 2.15 bits per heavy atom. The first-order chi connectivity index (χ1) is 15.6. The van der Waals surface area contributed by atoms with Gasteiger partial charge in [-0.25, -0.2) is 9.59 Å². The number of amides is 7. The molecule has 4 aliphatic rings. The third-order valence-corrected chi connectivity index (χ3v) is 7.65. The monoisotopic (exact) mass is 460 g/mol.